The third kappa shape index (κ3) is 5.18. The Morgan fingerprint density at radius 3 is 2.50 bits per heavy atom. The van der Waals surface area contributed by atoms with E-state index in [9.17, 15) is 5.11 Å². The molecule has 1 aromatic heterocycles. The summed E-state index contributed by atoms with van der Waals surface area (Å²) in [7, 11) is 1.76. The molecule has 0 amide bonds. The van der Waals surface area contributed by atoms with Crippen molar-refractivity contribution in [3.63, 3.8) is 0 Å². The Morgan fingerprint density at radius 1 is 1.33 bits per heavy atom. The van der Waals surface area contributed by atoms with Crippen LogP contribution in [0.4, 0.5) is 17.6 Å². The SMILES string of the molecule is CNc1cc(NCC(O)CC(C)(C)C)nc(N)n1. The van der Waals surface area contributed by atoms with Gasteiger partial charge in [0, 0.05) is 19.7 Å². The molecule has 6 heteroatoms. The number of anilines is 3. The molecule has 5 N–H and O–H groups in total. The fourth-order valence-corrected chi connectivity index (χ4v) is 1.69. The van der Waals surface area contributed by atoms with Gasteiger partial charge < -0.3 is 21.5 Å². The van der Waals surface area contributed by atoms with Gasteiger partial charge in [0.25, 0.3) is 0 Å². The molecular weight excluding hydrogens is 230 g/mol. The molecule has 1 atom stereocenters. The molecule has 0 fully saturated rings. The number of nitrogen functional groups attached to an aromatic ring is 1. The van der Waals surface area contributed by atoms with Gasteiger partial charge in [0.15, 0.2) is 0 Å². The summed E-state index contributed by atoms with van der Waals surface area (Å²) in [4.78, 5) is 8.05. The molecule has 0 saturated heterocycles. The van der Waals surface area contributed by atoms with Gasteiger partial charge in [-0.2, -0.15) is 9.97 Å². The van der Waals surface area contributed by atoms with Crippen molar-refractivity contribution in [1.29, 1.82) is 0 Å². The summed E-state index contributed by atoms with van der Waals surface area (Å²) in [5.74, 6) is 1.46. The molecule has 0 saturated carbocycles. The van der Waals surface area contributed by atoms with Crippen LogP contribution < -0.4 is 16.4 Å². The van der Waals surface area contributed by atoms with E-state index in [1.807, 2.05) is 0 Å². The lowest BCUT2D eigenvalue weighted by Crippen LogP contribution is -2.25. The second-order valence-corrected chi connectivity index (χ2v) is 5.55. The Morgan fingerprint density at radius 2 is 1.94 bits per heavy atom. The molecule has 0 aliphatic heterocycles. The van der Waals surface area contributed by atoms with E-state index in [1.165, 1.54) is 0 Å². The zero-order chi connectivity index (χ0) is 13.8. The van der Waals surface area contributed by atoms with Crippen LogP contribution in [-0.2, 0) is 0 Å². The molecule has 0 aliphatic carbocycles. The highest BCUT2D eigenvalue weighted by Gasteiger charge is 2.16. The highest BCUT2D eigenvalue weighted by molar-refractivity contribution is 5.50. The lowest BCUT2D eigenvalue weighted by atomic mass is 9.89. The molecular formula is C12H23N5O. The Kier molecular flexibility index (Phi) is 4.72. The van der Waals surface area contributed by atoms with Gasteiger partial charge in [-0.05, 0) is 11.8 Å². The van der Waals surface area contributed by atoms with Gasteiger partial charge in [-0.25, -0.2) is 0 Å². The van der Waals surface area contributed by atoms with E-state index in [1.54, 1.807) is 13.1 Å². The van der Waals surface area contributed by atoms with Crippen molar-refractivity contribution in [3.8, 4) is 0 Å². The minimum absolute atomic E-state index is 0.0991. The van der Waals surface area contributed by atoms with Crippen molar-refractivity contribution in [1.82, 2.24) is 9.97 Å². The Balaban J connectivity index is 2.55. The predicted octanol–water partition coefficient (Wildman–Crippen LogP) is 1.31. The number of aliphatic hydroxyl groups is 1. The van der Waals surface area contributed by atoms with Crippen LogP contribution in [0.25, 0.3) is 0 Å². The highest BCUT2D eigenvalue weighted by Crippen LogP contribution is 2.21. The topological polar surface area (TPSA) is 96.1 Å². The molecule has 6 nitrogen and oxygen atoms in total. The summed E-state index contributed by atoms with van der Waals surface area (Å²) >= 11 is 0. The van der Waals surface area contributed by atoms with Gasteiger partial charge in [0.05, 0.1) is 6.10 Å². The molecule has 102 valence electrons. The fourth-order valence-electron chi connectivity index (χ4n) is 1.69. The average Bonchev–Trinajstić information content (AvgIpc) is 2.23. The Labute approximate surface area is 108 Å². The first kappa shape index (κ1) is 14.5. The molecule has 18 heavy (non-hydrogen) atoms. The molecule has 1 heterocycles. The van der Waals surface area contributed by atoms with E-state index >= 15 is 0 Å². The standard InChI is InChI=1S/C12H23N5O/c1-12(2,3)6-8(18)7-15-10-5-9(14-4)16-11(13)17-10/h5,8,18H,6-7H2,1-4H3,(H4,13,14,15,16,17). The van der Waals surface area contributed by atoms with E-state index in [4.69, 9.17) is 5.73 Å². The summed E-state index contributed by atoms with van der Waals surface area (Å²) in [6, 6.07) is 1.75. The summed E-state index contributed by atoms with van der Waals surface area (Å²) in [6.45, 7) is 6.73. The highest BCUT2D eigenvalue weighted by atomic mass is 16.3. The number of hydrogen-bond donors (Lipinski definition) is 4. The largest absolute Gasteiger partial charge is 0.391 e. The maximum absolute atomic E-state index is 9.89. The van der Waals surface area contributed by atoms with Crippen LogP contribution in [0.2, 0.25) is 0 Å². The van der Waals surface area contributed by atoms with Crippen LogP contribution in [0.15, 0.2) is 6.07 Å². The second-order valence-electron chi connectivity index (χ2n) is 5.55. The summed E-state index contributed by atoms with van der Waals surface area (Å²) in [5, 5.41) is 15.9. The van der Waals surface area contributed by atoms with Gasteiger partial charge >= 0.3 is 0 Å². The first-order chi connectivity index (χ1) is 8.30. The summed E-state index contributed by atoms with van der Waals surface area (Å²) < 4.78 is 0. The average molecular weight is 253 g/mol. The van der Waals surface area contributed by atoms with E-state index in [2.05, 4.69) is 41.4 Å². The lowest BCUT2D eigenvalue weighted by molar-refractivity contribution is 0.132. The normalized spacial score (nSPS) is 13.2. The minimum Gasteiger partial charge on any atom is -0.391 e. The van der Waals surface area contributed by atoms with Crippen LogP contribution in [-0.4, -0.2) is 34.8 Å². The van der Waals surface area contributed by atoms with Crippen molar-refractivity contribution in [2.45, 2.75) is 33.3 Å². The molecule has 1 rings (SSSR count). The van der Waals surface area contributed by atoms with Gasteiger partial charge in [-0.1, -0.05) is 20.8 Å². The quantitative estimate of drug-likeness (QED) is 0.632. The first-order valence-corrected chi connectivity index (χ1v) is 6.04. The number of aliphatic hydroxyl groups excluding tert-OH is 1. The summed E-state index contributed by atoms with van der Waals surface area (Å²) in [5.41, 5.74) is 5.68. The molecule has 1 aromatic rings. The van der Waals surface area contributed by atoms with Crippen LogP contribution in [0, 0.1) is 5.41 Å². The number of hydrogen-bond acceptors (Lipinski definition) is 6. The molecule has 0 aliphatic rings. The zero-order valence-electron chi connectivity index (χ0n) is 11.5. The van der Waals surface area contributed by atoms with Crippen LogP contribution in [0.3, 0.4) is 0 Å². The Bertz CT molecular complexity index is 389. The van der Waals surface area contributed by atoms with E-state index in [0.29, 0.717) is 18.2 Å². The number of nitrogens with two attached hydrogens (primary N) is 1. The zero-order valence-corrected chi connectivity index (χ0v) is 11.5. The molecule has 0 spiro atoms. The minimum atomic E-state index is -0.417. The van der Waals surface area contributed by atoms with Gasteiger partial charge in [0.1, 0.15) is 11.6 Å². The third-order valence-electron chi connectivity index (χ3n) is 2.37. The van der Waals surface area contributed by atoms with Gasteiger partial charge in [-0.15, -0.1) is 0 Å². The smallest absolute Gasteiger partial charge is 0.223 e. The second kappa shape index (κ2) is 5.86. The molecule has 0 bridgehead atoms. The number of nitrogens with zero attached hydrogens (tertiary/aromatic N) is 2. The fraction of sp³-hybridized carbons (Fsp3) is 0.667. The predicted molar refractivity (Wildman–Crippen MR) is 74.6 cm³/mol. The first-order valence-electron chi connectivity index (χ1n) is 6.04. The van der Waals surface area contributed by atoms with Crippen molar-refractivity contribution < 1.29 is 5.11 Å². The van der Waals surface area contributed by atoms with Gasteiger partial charge in [0.2, 0.25) is 5.95 Å². The van der Waals surface area contributed by atoms with Gasteiger partial charge in [-0.3, -0.25) is 0 Å². The maximum Gasteiger partial charge on any atom is 0.223 e. The number of rotatable bonds is 5. The van der Waals surface area contributed by atoms with Crippen molar-refractivity contribution in [2.75, 3.05) is 30.0 Å². The molecule has 0 radical (unpaired) electrons. The van der Waals surface area contributed by atoms with E-state index in [-0.39, 0.29) is 11.4 Å². The Hall–Kier alpha value is -1.56. The maximum atomic E-state index is 9.89. The molecule has 0 aromatic carbocycles. The molecule has 1 unspecified atom stereocenters. The third-order valence-corrected chi connectivity index (χ3v) is 2.37. The van der Waals surface area contributed by atoms with Crippen molar-refractivity contribution in [3.05, 3.63) is 6.07 Å². The van der Waals surface area contributed by atoms with E-state index in [0.717, 1.165) is 6.42 Å². The van der Waals surface area contributed by atoms with Crippen molar-refractivity contribution >= 4 is 17.6 Å². The number of nitrogens with one attached hydrogen (secondary N) is 2. The van der Waals surface area contributed by atoms with E-state index < -0.39 is 6.10 Å². The van der Waals surface area contributed by atoms with Crippen LogP contribution in [0.5, 0.6) is 0 Å². The van der Waals surface area contributed by atoms with Crippen LogP contribution in [0.1, 0.15) is 27.2 Å². The van der Waals surface area contributed by atoms with Crippen LogP contribution >= 0.6 is 0 Å². The monoisotopic (exact) mass is 253 g/mol. The van der Waals surface area contributed by atoms with Crippen molar-refractivity contribution in [2.24, 2.45) is 5.41 Å². The summed E-state index contributed by atoms with van der Waals surface area (Å²) in [6.07, 6.45) is 0.304. The lowest BCUT2D eigenvalue weighted by Gasteiger charge is -2.22. The number of aromatic nitrogens is 2.